The van der Waals surface area contributed by atoms with Gasteiger partial charge in [0.2, 0.25) is 0 Å². The monoisotopic (exact) mass is 308 g/mol. The smallest absolute Gasteiger partial charge is 0.0599 e. The predicted octanol–water partition coefficient (Wildman–Crippen LogP) is 3.16. The molecule has 0 aromatic heterocycles. The first-order valence-corrected chi connectivity index (χ1v) is 8.50. The van der Waals surface area contributed by atoms with Crippen LogP contribution in [0.25, 0.3) is 0 Å². The lowest BCUT2D eigenvalue weighted by Gasteiger charge is -2.36. The molecule has 1 atom stereocenters. The zero-order valence-electron chi connectivity index (χ0n) is 12.6. The van der Waals surface area contributed by atoms with E-state index in [0.717, 1.165) is 56.9 Å². The summed E-state index contributed by atoms with van der Waals surface area (Å²) in [4.78, 5) is 2.63. The molecule has 0 amide bonds. The average Bonchev–Trinajstić information content (AvgIpc) is 2.91. The van der Waals surface area contributed by atoms with Gasteiger partial charge in [0.15, 0.2) is 0 Å². The molecule has 3 rings (SSSR count). The van der Waals surface area contributed by atoms with Crippen LogP contribution in [0.3, 0.4) is 0 Å². The molecule has 1 aromatic carbocycles. The van der Waals surface area contributed by atoms with Crippen LogP contribution < -0.4 is 5.73 Å². The molecular formula is C17H25ClN2O. The summed E-state index contributed by atoms with van der Waals surface area (Å²) in [5, 5.41) is 0.862. The standard InChI is InChI=1S/C17H25ClN2O/c18-14-3-4-16-13(12-14)2-5-17(16)20-9-6-15(7-10-20)21-11-1-8-19/h3-4,12,15,17H,1-2,5-11,19H2. The van der Waals surface area contributed by atoms with E-state index in [1.165, 1.54) is 17.5 Å². The second-order valence-electron chi connectivity index (χ2n) is 6.15. The van der Waals surface area contributed by atoms with E-state index >= 15 is 0 Å². The molecule has 1 aliphatic heterocycles. The summed E-state index contributed by atoms with van der Waals surface area (Å²) in [6.45, 7) is 3.81. The highest BCUT2D eigenvalue weighted by Gasteiger charge is 2.30. The van der Waals surface area contributed by atoms with E-state index in [0.29, 0.717) is 12.1 Å². The Morgan fingerprint density at radius 1 is 1.24 bits per heavy atom. The summed E-state index contributed by atoms with van der Waals surface area (Å²) in [6, 6.07) is 6.97. The van der Waals surface area contributed by atoms with Crippen LogP contribution in [0.2, 0.25) is 5.02 Å². The molecule has 3 nitrogen and oxygen atoms in total. The number of aryl methyl sites for hydroxylation is 1. The minimum Gasteiger partial charge on any atom is -0.378 e. The van der Waals surface area contributed by atoms with Crippen molar-refractivity contribution in [2.45, 2.75) is 44.2 Å². The van der Waals surface area contributed by atoms with Gasteiger partial charge in [-0.2, -0.15) is 0 Å². The lowest BCUT2D eigenvalue weighted by atomic mass is 10.0. The van der Waals surface area contributed by atoms with E-state index in [2.05, 4.69) is 17.0 Å². The average molecular weight is 309 g/mol. The van der Waals surface area contributed by atoms with Crippen LogP contribution in [-0.2, 0) is 11.2 Å². The molecule has 0 saturated carbocycles. The van der Waals surface area contributed by atoms with Crippen molar-refractivity contribution in [2.24, 2.45) is 5.73 Å². The zero-order valence-corrected chi connectivity index (χ0v) is 13.3. The van der Waals surface area contributed by atoms with Crippen LogP contribution in [0.5, 0.6) is 0 Å². The van der Waals surface area contributed by atoms with Crippen molar-refractivity contribution in [2.75, 3.05) is 26.2 Å². The number of rotatable bonds is 5. The summed E-state index contributed by atoms with van der Waals surface area (Å²) < 4.78 is 5.90. The quantitative estimate of drug-likeness (QED) is 0.849. The highest BCUT2D eigenvalue weighted by atomic mass is 35.5. The highest BCUT2D eigenvalue weighted by Crippen LogP contribution is 2.38. The molecule has 21 heavy (non-hydrogen) atoms. The molecular weight excluding hydrogens is 284 g/mol. The number of likely N-dealkylation sites (tertiary alicyclic amines) is 1. The molecule has 1 aliphatic carbocycles. The van der Waals surface area contributed by atoms with Crippen molar-refractivity contribution in [3.8, 4) is 0 Å². The van der Waals surface area contributed by atoms with Crippen LogP contribution in [0.1, 0.15) is 42.9 Å². The van der Waals surface area contributed by atoms with Gasteiger partial charge < -0.3 is 10.5 Å². The van der Waals surface area contributed by atoms with Gasteiger partial charge in [-0.15, -0.1) is 0 Å². The Labute approximate surface area is 132 Å². The minimum absolute atomic E-state index is 0.430. The van der Waals surface area contributed by atoms with Crippen LogP contribution in [0.15, 0.2) is 18.2 Å². The maximum absolute atomic E-state index is 6.10. The molecule has 1 heterocycles. The molecule has 0 bridgehead atoms. The summed E-state index contributed by atoms with van der Waals surface area (Å²) in [5.74, 6) is 0. The maximum atomic E-state index is 6.10. The largest absolute Gasteiger partial charge is 0.378 e. The molecule has 1 fully saturated rings. The van der Waals surface area contributed by atoms with Gasteiger partial charge in [-0.05, 0) is 61.9 Å². The van der Waals surface area contributed by atoms with Crippen molar-refractivity contribution < 1.29 is 4.74 Å². The Kier molecular flexibility index (Phi) is 5.17. The molecule has 0 radical (unpaired) electrons. The van der Waals surface area contributed by atoms with Gasteiger partial charge in [0, 0.05) is 30.8 Å². The topological polar surface area (TPSA) is 38.5 Å². The Balaban J connectivity index is 1.54. The Bertz CT molecular complexity index is 472. The van der Waals surface area contributed by atoms with Crippen LogP contribution in [0, 0.1) is 0 Å². The Morgan fingerprint density at radius 3 is 2.81 bits per heavy atom. The molecule has 2 aliphatic rings. The third kappa shape index (κ3) is 3.59. The molecule has 0 spiro atoms. The number of benzene rings is 1. The number of fused-ring (bicyclic) bond motifs is 1. The van der Waals surface area contributed by atoms with Crippen molar-refractivity contribution >= 4 is 11.6 Å². The summed E-state index contributed by atoms with van der Waals surface area (Å²) in [7, 11) is 0. The van der Waals surface area contributed by atoms with Crippen molar-refractivity contribution in [1.82, 2.24) is 4.90 Å². The number of halogens is 1. The van der Waals surface area contributed by atoms with Crippen molar-refractivity contribution in [1.29, 1.82) is 0 Å². The summed E-state index contributed by atoms with van der Waals surface area (Å²) >= 11 is 6.10. The van der Waals surface area contributed by atoms with Gasteiger partial charge in [0.25, 0.3) is 0 Å². The number of hydrogen-bond donors (Lipinski definition) is 1. The Morgan fingerprint density at radius 2 is 2.05 bits per heavy atom. The van der Waals surface area contributed by atoms with E-state index in [4.69, 9.17) is 22.1 Å². The summed E-state index contributed by atoms with van der Waals surface area (Å²) in [5.41, 5.74) is 8.43. The third-order valence-corrected chi connectivity index (χ3v) is 5.01. The number of ether oxygens (including phenoxy) is 1. The van der Waals surface area contributed by atoms with Crippen LogP contribution in [0.4, 0.5) is 0 Å². The summed E-state index contributed by atoms with van der Waals surface area (Å²) in [6.07, 6.45) is 6.08. The van der Waals surface area contributed by atoms with Gasteiger partial charge in [0.1, 0.15) is 0 Å². The van der Waals surface area contributed by atoms with E-state index < -0.39 is 0 Å². The molecule has 116 valence electrons. The fourth-order valence-electron chi connectivity index (χ4n) is 3.63. The molecule has 4 heteroatoms. The van der Waals surface area contributed by atoms with Crippen molar-refractivity contribution in [3.05, 3.63) is 34.3 Å². The molecule has 1 saturated heterocycles. The van der Waals surface area contributed by atoms with E-state index in [-0.39, 0.29) is 0 Å². The highest BCUT2D eigenvalue weighted by molar-refractivity contribution is 6.30. The number of nitrogens with zero attached hydrogens (tertiary/aromatic N) is 1. The van der Waals surface area contributed by atoms with Gasteiger partial charge in [-0.25, -0.2) is 0 Å². The molecule has 1 aromatic rings. The molecule has 1 unspecified atom stereocenters. The van der Waals surface area contributed by atoms with Gasteiger partial charge >= 0.3 is 0 Å². The first kappa shape index (κ1) is 15.3. The third-order valence-electron chi connectivity index (χ3n) is 4.77. The first-order chi connectivity index (χ1) is 10.3. The number of piperidine rings is 1. The van der Waals surface area contributed by atoms with Crippen molar-refractivity contribution in [3.63, 3.8) is 0 Å². The first-order valence-electron chi connectivity index (χ1n) is 8.12. The number of nitrogens with two attached hydrogens (primary N) is 1. The lowest BCUT2D eigenvalue weighted by molar-refractivity contribution is -0.00236. The number of hydrogen-bond acceptors (Lipinski definition) is 3. The minimum atomic E-state index is 0.430. The van der Waals surface area contributed by atoms with Crippen LogP contribution >= 0.6 is 11.6 Å². The van der Waals surface area contributed by atoms with Gasteiger partial charge in [-0.3, -0.25) is 4.90 Å². The predicted molar refractivity (Wildman–Crippen MR) is 86.7 cm³/mol. The second-order valence-corrected chi connectivity index (χ2v) is 6.58. The second kappa shape index (κ2) is 7.10. The van der Waals surface area contributed by atoms with E-state index in [1.54, 1.807) is 0 Å². The fraction of sp³-hybridized carbons (Fsp3) is 0.647. The van der Waals surface area contributed by atoms with Gasteiger partial charge in [-0.1, -0.05) is 17.7 Å². The normalized spacial score (nSPS) is 23.4. The fourth-order valence-corrected chi connectivity index (χ4v) is 3.83. The zero-order chi connectivity index (χ0) is 14.7. The lowest BCUT2D eigenvalue weighted by Crippen LogP contribution is -2.39. The van der Waals surface area contributed by atoms with E-state index in [1.807, 2.05) is 6.07 Å². The maximum Gasteiger partial charge on any atom is 0.0599 e. The SMILES string of the molecule is NCCCOC1CCN(C2CCc3cc(Cl)ccc32)CC1. The van der Waals surface area contributed by atoms with Gasteiger partial charge in [0.05, 0.1) is 6.10 Å². The van der Waals surface area contributed by atoms with Crippen LogP contribution in [-0.4, -0.2) is 37.2 Å². The Hall–Kier alpha value is -0.610. The van der Waals surface area contributed by atoms with E-state index in [9.17, 15) is 0 Å². The molecule has 2 N–H and O–H groups in total.